The number of hydrogen-bond donors (Lipinski definition) is 1. The van der Waals surface area contributed by atoms with Gasteiger partial charge in [-0.05, 0) is 30.3 Å². The second kappa shape index (κ2) is 8.50. The molecule has 1 saturated heterocycles. The number of rotatable bonds is 3. The molecule has 2 aromatic rings. The summed E-state index contributed by atoms with van der Waals surface area (Å²) in [6, 6.07) is 9.06. The van der Waals surface area contributed by atoms with Crippen molar-refractivity contribution in [3.8, 4) is 11.5 Å². The van der Waals surface area contributed by atoms with Crippen LogP contribution in [0.4, 0.5) is 10.5 Å². The van der Waals surface area contributed by atoms with Crippen LogP contribution in [0.5, 0.6) is 11.5 Å². The smallest absolute Gasteiger partial charge is 0.321 e. The third-order valence-corrected chi connectivity index (χ3v) is 7.48. The Labute approximate surface area is 184 Å². The summed E-state index contributed by atoms with van der Waals surface area (Å²) in [5.41, 5.74) is 0.515. The Bertz CT molecular complexity index is 1070. The second-order valence-electron chi connectivity index (χ2n) is 6.76. The van der Waals surface area contributed by atoms with Gasteiger partial charge in [-0.15, -0.1) is 0 Å². The van der Waals surface area contributed by atoms with Crippen LogP contribution in [0.25, 0.3) is 0 Å². The maximum atomic E-state index is 13.0. The van der Waals surface area contributed by atoms with Crippen molar-refractivity contribution >= 4 is 44.9 Å². The van der Waals surface area contributed by atoms with Crippen LogP contribution < -0.4 is 14.8 Å². The van der Waals surface area contributed by atoms with Crippen molar-refractivity contribution in [2.45, 2.75) is 4.90 Å². The number of nitrogens with zero attached hydrogens (tertiary/aromatic N) is 2. The normalized spacial score (nSPS) is 16.9. The van der Waals surface area contributed by atoms with E-state index in [2.05, 4.69) is 5.32 Å². The monoisotopic (exact) mass is 471 g/mol. The van der Waals surface area contributed by atoms with Crippen LogP contribution in [-0.4, -0.2) is 63.0 Å². The third-order valence-electron chi connectivity index (χ3n) is 4.85. The third kappa shape index (κ3) is 4.29. The van der Waals surface area contributed by atoms with E-state index in [0.717, 1.165) is 0 Å². The summed E-state index contributed by atoms with van der Waals surface area (Å²) in [5.74, 6) is 0.950. The zero-order valence-corrected chi connectivity index (χ0v) is 18.1. The molecule has 0 spiro atoms. The molecule has 0 radical (unpaired) electrons. The first-order chi connectivity index (χ1) is 14.3. The SMILES string of the molecule is O=C(Nc1ccc(Cl)c(Cl)c1)N1CCN(S(=O)(=O)c2ccc3c(c2)OCCO3)CC1. The van der Waals surface area contributed by atoms with Crippen LogP contribution in [0.2, 0.25) is 10.0 Å². The number of sulfonamides is 1. The molecule has 30 heavy (non-hydrogen) atoms. The van der Waals surface area contributed by atoms with E-state index in [4.69, 9.17) is 32.7 Å². The molecule has 0 unspecified atom stereocenters. The van der Waals surface area contributed by atoms with Gasteiger partial charge in [0.05, 0.1) is 14.9 Å². The summed E-state index contributed by atoms with van der Waals surface area (Å²) in [4.78, 5) is 14.2. The number of carbonyl (C=O) groups is 1. The Morgan fingerprint density at radius 3 is 2.30 bits per heavy atom. The Balaban J connectivity index is 1.39. The molecule has 11 heteroatoms. The van der Waals surface area contributed by atoms with Gasteiger partial charge in [0.15, 0.2) is 11.5 Å². The quantitative estimate of drug-likeness (QED) is 0.741. The number of halogens is 2. The first-order valence-corrected chi connectivity index (χ1v) is 11.4. The van der Waals surface area contributed by atoms with Gasteiger partial charge in [0, 0.05) is 37.9 Å². The van der Waals surface area contributed by atoms with Crippen molar-refractivity contribution in [2.24, 2.45) is 0 Å². The molecule has 1 fully saturated rings. The van der Waals surface area contributed by atoms with E-state index in [9.17, 15) is 13.2 Å². The average Bonchev–Trinajstić information content (AvgIpc) is 2.76. The molecule has 2 aliphatic heterocycles. The molecule has 0 aromatic heterocycles. The molecule has 2 amide bonds. The lowest BCUT2D eigenvalue weighted by Gasteiger charge is -2.34. The van der Waals surface area contributed by atoms with Gasteiger partial charge in [-0.3, -0.25) is 0 Å². The van der Waals surface area contributed by atoms with Gasteiger partial charge in [0.1, 0.15) is 13.2 Å². The van der Waals surface area contributed by atoms with Crippen LogP contribution in [0.15, 0.2) is 41.3 Å². The van der Waals surface area contributed by atoms with Gasteiger partial charge in [-0.2, -0.15) is 4.31 Å². The number of nitrogens with one attached hydrogen (secondary N) is 1. The number of fused-ring (bicyclic) bond motifs is 1. The fourth-order valence-electron chi connectivity index (χ4n) is 3.24. The van der Waals surface area contributed by atoms with Gasteiger partial charge in [-0.1, -0.05) is 23.2 Å². The van der Waals surface area contributed by atoms with E-state index in [0.29, 0.717) is 40.4 Å². The number of amides is 2. The Morgan fingerprint density at radius 2 is 1.60 bits per heavy atom. The fourth-order valence-corrected chi connectivity index (χ4v) is 4.98. The van der Waals surface area contributed by atoms with E-state index >= 15 is 0 Å². The summed E-state index contributed by atoms with van der Waals surface area (Å²) in [6.45, 7) is 1.71. The number of piperazine rings is 1. The highest BCUT2D eigenvalue weighted by molar-refractivity contribution is 7.89. The van der Waals surface area contributed by atoms with Crippen LogP contribution in [0.3, 0.4) is 0 Å². The number of hydrogen-bond acceptors (Lipinski definition) is 5. The Morgan fingerprint density at radius 1 is 0.900 bits per heavy atom. The standard InChI is InChI=1S/C19H19Cl2N3O5S/c20-15-3-1-13(11-16(15)21)22-19(25)23-5-7-24(8-6-23)30(26,27)14-2-4-17-18(12-14)29-10-9-28-17/h1-4,11-12H,5-10H2,(H,22,25). The van der Waals surface area contributed by atoms with Crippen LogP contribution >= 0.6 is 23.2 Å². The van der Waals surface area contributed by atoms with E-state index in [1.165, 1.54) is 16.4 Å². The maximum Gasteiger partial charge on any atom is 0.321 e. The van der Waals surface area contributed by atoms with Gasteiger partial charge in [-0.25, -0.2) is 13.2 Å². The minimum absolute atomic E-state index is 0.139. The highest BCUT2D eigenvalue weighted by atomic mass is 35.5. The van der Waals surface area contributed by atoms with Gasteiger partial charge in [0.25, 0.3) is 0 Å². The Kier molecular flexibility index (Phi) is 5.97. The predicted molar refractivity (Wildman–Crippen MR) is 113 cm³/mol. The molecule has 0 saturated carbocycles. The fraction of sp³-hybridized carbons (Fsp3) is 0.316. The number of urea groups is 1. The Hall–Kier alpha value is -2.20. The summed E-state index contributed by atoms with van der Waals surface area (Å²) in [6.07, 6.45) is 0. The molecule has 2 heterocycles. The second-order valence-corrected chi connectivity index (χ2v) is 9.51. The maximum absolute atomic E-state index is 13.0. The first-order valence-electron chi connectivity index (χ1n) is 9.25. The molecule has 2 aromatic carbocycles. The molecule has 2 aliphatic rings. The molecule has 0 aliphatic carbocycles. The predicted octanol–water partition coefficient (Wildman–Crippen LogP) is 3.30. The van der Waals surface area contributed by atoms with Crippen molar-refractivity contribution in [2.75, 3.05) is 44.7 Å². The molecule has 4 rings (SSSR count). The minimum atomic E-state index is -3.71. The van der Waals surface area contributed by atoms with Gasteiger partial charge >= 0.3 is 6.03 Å². The molecule has 160 valence electrons. The first kappa shape index (κ1) is 21.0. The summed E-state index contributed by atoms with van der Waals surface area (Å²) in [5, 5.41) is 3.48. The molecule has 8 nitrogen and oxygen atoms in total. The molecule has 0 atom stereocenters. The summed E-state index contributed by atoms with van der Waals surface area (Å²) < 4.78 is 38.3. The number of carbonyl (C=O) groups excluding carboxylic acids is 1. The lowest BCUT2D eigenvalue weighted by atomic mass is 10.3. The van der Waals surface area contributed by atoms with Gasteiger partial charge < -0.3 is 19.7 Å². The highest BCUT2D eigenvalue weighted by Gasteiger charge is 2.31. The summed E-state index contributed by atoms with van der Waals surface area (Å²) in [7, 11) is -3.71. The molecular weight excluding hydrogens is 453 g/mol. The zero-order chi connectivity index (χ0) is 21.3. The van der Waals surface area contributed by atoms with Crippen LogP contribution in [-0.2, 0) is 10.0 Å². The number of anilines is 1. The van der Waals surface area contributed by atoms with E-state index in [1.54, 1.807) is 29.2 Å². The van der Waals surface area contributed by atoms with Crippen LogP contribution in [0, 0.1) is 0 Å². The highest BCUT2D eigenvalue weighted by Crippen LogP contribution is 2.33. The average molecular weight is 472 g/mol. The van der Waals surface area contributed by atoms with E-state index in [-0.39, 0.29) is 37.1 Å². The van der Waals surface area contributed by atoms with Crippen molar-refractivity contribution in [1.82, 2.24) is 9.21 Å². The molecule has 1 N–H and O–H groups in total. The van der Waals surface area contributed by atoms with Crippen molar-refractivity contribution < 1.29 is 22.7 Å². The van der Waals surface area contributed by atoms with Crippen molar-refractivity contribution in [1.29, 1.82) is 0 Å². The summed E-state index contributed by atoms with van der Waals surface area (Å²) >= 11 is 11.8. The number of benzene rings is 2. The molecule has 0 bridgehead atoms. The minimum Gasteiger partial charge on any atom is -0.486 e. The number of ether oxygens (including phenoxy) is 2. The van der Waals surface area contributed by atoms with E-state index < -0.39 is 10.0 Å². The lowest BCUT2D eigenvalue weighted by molar-refractivity contribution is 0.171. The van der Waals surface area contributed by atoms with Gasteiger partial charge in [0.2, 0.25) is 10.0 Å². The van der Waals surface area contributed by atoms with Crippen LogP contribution in [0.1, 0.15) is 0 Å². The van der Waals surface area contributed by atoms with E-state index in [1.807, 2.05) is 0 Å². The zero-order valence-electron chi connectivity index (χ0n) is 15.8. The lowest BCUT2D eigenvalue weighted by Crippen LogP contribution is -2.51. The largest absolute Gasteiger partial charge is 0.486 e. The topological polar surface area (TPSA) is 88.2 Å². The van der Waals surface area contributed by atoms with Crippen molar-refractivity contribution in [3.05, 3.63) is 46.4 Å². The van der Waals surface area contributed by atoms with Crippen molar-refractivity contribution in [3.63, 3.8) is 0 Å². The molecular formula is C19H19Cl2N3O5S.